The van der Waals surface area contributed by atoms with Crippen molar-refractivity contribution in [2.75, 3.05) is 29.5 Å². The molecule has 0 radical (unpaired) electrons. The highest BCUT2D eigenvalue weighted by molar-refractivity contribution is 8.00. The van der Waals surface area contributed by atoms with Crippen molar-refractivity contribution in [3.05, 3.63) is 47.5 Å². The first-order valence-corrected chi connectivity index (χ1v) is 13.0. The van der Waals surface area contributed by atoms with E-state index in [1.54, 1.807) is 18.2 Å². The first kappa shape index (κ1) is 22.6. The number of thioether (sulfide) groups is 1. The van der Waals surface area contributed by atoms with Crippen LogP contribution >= 0.6 is 34.7 Å². The van der Waals surface area contributed by atoms with Gasteiger partial charge in [-0.3, -0.25) is 14.4 Å². The molecular formula is C19H17ClN4O5S3. The van der Waals surface area contributed by atoms with Crippen LogP contribution < -0.4 is 19.1 Å². The molecule has 3 aromatic rings. The average Bonchev–Trinajstić information content (AvgIpc) is 3.25. The smallest absolute Gasteiger partial charge is 0.269 e. The molecule has 1 aliphatic rings. The van der Waals surface area contributed by atoms with Crippen molar-refractivity contribution < 1.29 is 22.7 Å². The third kappa shape index (κ3) is 4.49. The van der Waals surface area contributed by atoms with Crippen LogP contribution in [0.5, 0.6) is 11.5 Å². The predicted octanol–water partition coefficient (Wildman–Crippen LogP) is 3.52. The lowest BCUT2D eigenvalue weighted by molar-refractivity contribution is -0.122. The van der Waals surface area contributed by atoms with E-state index < -0.39 is 22.0 Å². The van der Waals surface area contributed by atoms with Crippen molar-refractivity contribution in [1.29, 1.82) is 0 Å². The van der Waals surface area contributed by atoms with Gasteiger partial charge >= 0.3 is 0 Å². The first-order valence-electron chi connectivity index (χ1n) is 9.13. The van der Waals surface area contributed by atoms with Crippen LogP contribution in [-0.4, -0.2) is 50.5 Å². The maximum atomic E-state index is 13.5. The SMILES string of the molecule is COc1ccc(S(=O)(=O)N2C[C@@H](C(=O)Nc3nnc(SC)s3)Oc3ccc(Cl)cc32)cc1. The number of ether oxygens (including phenoxy) is 2. The van der Waals surface area contributed by atoms with Gasteiger partial charge in [-0.2, -0.15) is 0 Å². The summed E-state index contributed by atoms with van der Waals surface area (Å²) in [5.74, 6) is 0.206. The molecule has 0 aliphatic carbocycles. The van der Waals surface area contributed by atoms with E-state index in [9.17, 15) is 13.2 Å². The predicted molar refractivity (Wildman–Crippen MR) is 124 cm³/mol. The number of anilines is 2. The fraction of sp³-hybridized carbons (Fsp3) is 0.211. The summed E-state index contributed by atoms with van der Waals surface area (Å²) in [6, 6.07) is 10.6. The minimum absolute atomic E-state index is 0.0408. The topological polar surface area (TPSA) is 111 Å². The maximum absolute atomic E-state index is 13.5. The molecule has 1 amide bonds. The van der Waals surface area contributed by atoms with Gasteiger partial charge in [-0.25, -0.2) is 8.42 Å². The molecule has 0 fully saturated rings. The Morgan fingerprint density at radius 1 is 1.28 bits per heavy atom. The van der Waals surface area contributed by atoms with Gasteiger partial charge in [-0.1, -0.05) is 34.7 Å². The zero-order chi connectivity index (χ0) is 22.9. The zero-order valence-electron chi connectivity index (χ0n) is 16.8. The van der Waals surface area contributed by atoms with Gasteiger partial charge in [0.25, 0.3) is 15.9 Å². The lowest BCUT2D eigenvalue weighted by atomic mass is 10.2. The summed E-state index contributed by atoms with van der Waals surface area (Å²) >= 11 is 8.72. The lowest BCUT2D eigenvalue weighted by Gasteiger charge is -2.34. The quantitative estimate of drug-likeness (QED) is 0.394. The standard InChI is InChI=1S/C19H17ClN4O5S3/c1-28-12-4-6-13(7-5-12)32(26,27)24-10-16(29-15-8-3-11(20)9-14(15)24)17(25)21-18-22-23-19(30-2)31-18/h3-9,16H,10H2,1-2H3,(H,21,22,25)/t16-/m0/s1. The molecule has 0 unspecified atom stereocenters. The normalized spacial score (nSPS) is 15.6. The Kier molecular flexibility index (Phi) is 6.47. The number of fused-ring (bicyclic) bond motifs is 1. The highest BCUT2D eigenvalue weighted by Gasteiger charge is 2.38. The Labute approximate surface area is 197 Å². The van der Waals surface area contributed by atoms with Crippen LogP contribution in [0.3, 0.4) is 0 Å². The Bertz CT molecular complexity index is 1250. The number of rotatable bonds is 6. The van der Waals surface area contributed by atoms with E-state index in [0.717, 1.165) is 4.31 Å². The Balaban J connectivity index is 1.67. The van der Waals surface area contributed by atoms with Crippen molar-refractivity contribution in [2.24, 2.45) is 0 Å². The fourth-order valence-corrected chi connectivity index (χ4v) is 5.80. The number of carbonyl (C=O) groups is 1. The van der Waals surface area contributed by atoms with E-state index in [1.807, 2.05) is 6.26 Å². The number of hydrogen-bond donors (Lipinski definition) is 1. The molecule has 32 heavy (non-hydrogen) atoms. The first-order chi connectivity index (χ1) is 15.3. The van der Waals surface area contributed by atoms with Crippen LogP contribution in [0.4, 0.5) is 10.8 Å². The van der Waals surface area contributed by atoms with E-state index >= 15 is 0 Å². The lowest BCUT2D eigenvalue weighted by Crippen LogP contribution is -2.48. The van der Waals surface area contributed by atoms with Crippen LogP contribution in [0.15, 0.2) is 51.7 Å². The number of sulfonamides is 1. The molecule has 4 rings (SSSR count). The van der Waals surface area contributed by atoms with Crippen LogP contribution in [-0.2, 0) is 14.8 Å². The molecular weight excluding hydrogens is 496 g/mol. The number of carbonyl (C=O) groups excluding carboxylic acids is 1. The molecule has 1 aliphatic heterocycles. The Morgan fingerprint density at radius 2 is 2.03 bits per heavy atom. The van der Waals surface area contributed by atoms with Crippen molar-refractivity contribution in [1.82, 2.24) is 10.2 Å². The summed E-state index contributed by atoms with van der Waals surface area (Å²) in [6.45, 7) is -0.248. The molecule has 0 saturated heterocycles. The van der Waals surface area contributed by atoms with Crippen molar-refractivity contribution >= 4 is 61.4 Å². The molecule has 2 aromatic carbocycles. The zero-order valence-corrected chi connectivity index (χ0v) is 20.0. The summed E-state index contributed by atoms with van der Waals surface area (Å²) < 4.78 is 39.6. The van der Waals surface area contributed by atoms with Gasteiger partial charge in [0.2, 0.25) is 5.13 Å². The fourth-order valence-electron chi connectivity index (χ4n) is 2.99. The van der Waals surface area contributed by atoms with Gasteiger partial charge in [0, 0.05) is 5.02 Å². The maximum Gasteiger partial charge on any atom is 0.269 e. The number of nitrogens with zero attached hydrogens (tertiary/aromatic N) is 3. The van der Waals surface area contributed by atoms with Crippen LogP contribution in [0.1, 0.15) is 0 Å². The Hall–Kier alpha value is -2.54. The highest BCUT2D eigenvalue weighted by atomic mass is 35.5. The van der Waals surface area contributed by atoms with Gasteiger partial charge in [0.05, 0.1) is 24.2 Å². The third-order valence-electron chi connectivity index (χ3n) is 4.54. The van der Waals surface area contributed by atoms with Gasteiger partial charge < -0.3 is 9.47 Å². The molecule has 1 N–H and O–H groups in total. The van der Waals surface area contributed by atoms with Crippen molar-refractivity contribution in [3.63, 3.8) is 0 Å². The minimum Gasteiger partial charge on any atom is -0.497 e. The number of benzene rings is 2. The molecule has 1 atom stereocenters. The second-order valence-electron chi connectivity index (χ2n) is 6.50. The number of halogens is 1. The van der Waals surface area contributed by atoms with Crippen molar-refractivity contribution in [2.45, 2.75) is 15.3 Å². The summed E-state index contributed by atoms with van der Waals surface area (Å²) in [5, 5.41) is 11.1. The third-order valence-corrected chi connectivity index (χ3v) is 8.38. The minimum atomic E-state index is -4.03. The number of amides is 1. The van der Waals surface area contributed by atoms with Gasteiger partial charge in [0.1, 0.15) is 11.5 Å². The number of methoxy groups -OCH3 is 1. The molecule has 168 valence electrons. The number of hydrogen-bond acceptors (Lipinski definition) is 9. The second kappa shape index (κ2) is 9.14. The molecule has 0 bridgehead atoms. The summed E-state index contributed by atoms with van der Waals surface area (Å²) in [5.41, 5.74) is 0.248. The highest BCUT2D eigenvalue weighted by Crippen LogP contribution is 2.39. The van der Waals surface area contributed by atoms with E-state index in [0.29, 0.717) is 20.2 Å². The molecule has 13 heteroatoms. The van der Waals surface area contributed by atoms with Crippen molar-refractivity contribution in [3.8, 4) is 11.5 Å². The van der Waals surface area contributed by atoms with E-state index in [1.165, 1.54) is 54.5 Å². The van der Waals surface area contributed by atoms with E-state index in [2.05, 4.69) is 15.5 Å². The second-order valence-corrected chi connectivity index (χ2v) is 10.8. The summed E-state index contributed by atoms with van der Waals surface area (Å²) in [4.78, 5) is 12.9. The van der Waals surface area contributed by atoms with Gasteiger partial charge in [-0.15, -0.1) is 10.2 Å². The molecule has 0 saturated carbocycles. The van der Waals surface area contributed by atoms with Gasteiger partial charge in [-0.05, 0) is 48.7 Å². The molecule has 1 aromatic heterocycles. The number of nitrogens with one attached hydrogen (secondary N) is 1. The largest absolute Gasteiger partial charge is 0.497 e. The molecule has 2 heterocycles. The van der Waals surface area contributed by atoms with E-state index in [4.69, 9.17) is 21.1 Å². The van der Waals surface area contributed by atoms with Gasteiger partial charge in [0.15, 0.2) is 10.4 Å². The monoisotopic (exact) mass is 512 g/mol. The van der Waals surface area contributed by atoms with Crippen LogP contribution in [0.2, 0.25) is 5.02 Å². The summed E-state index contributed by atoms with van der Waals surface area (Å²) in [7, 11) is -2.53. The average molecular weight is 513 g/mol. The Morgan fingerprint density at radius 3 is 2.69 bits per heavy atom. The van der Waals surface area contributed by atoms with Crippen LogP contribution in [0.25, 0.3) is 0 Å². The van der Waals surface area contributed by atoms with Crippen LogP contribution in [0, 0.1) is 0 Å². The van der Waals surface area contributed by atoms with E-state index in [-0.39, 0.29) is 22.9 Å². The molecule has 9 nitrogen and oxygen atoms in total. The summed E-state index contributed by atoms with van der Waals surface area (Å²) in [6.07, 6.45) is 0.735. The molecule has 0 spiro atoms. The number of aromatic nitrogens is 2.